The van der Waals surface area contributed by atoms with Gasteiger partial charge in [-0.3, -0.25) is 0 Å². The summed E-state index contributed by atoms with van der Waals surface area (Å²) in [5, 5.41) is 7.00. The van der Waals surface area contributed by atoms with Gasteiger partial charge in [0.05, 0.1) is 11.7 Å². The van der Waals surface area contributed by atoms with Crippen LogP contribution in [0, 0.1) is 0 Å². The molecule has 0 heterocycles. The van der Waals surface area contributed by atoms with Crippen LogP contribution in [0.5, 0.6) is 0 Å². The molecule has 1 aliphatic rings. The maximum absolute atomic E-state index is 7.00. The predicted octanol–water partition coefficient (Wildman–Crippen LogP) is 3.06. The number of aliphatic hydroxyl groups is 1. The van der Waals surface area contributed by atoms with E-state index in [0.717, 1.165) is 13.5 Å². The van der Waals surface area contributed by atoms with Crippen molar-refractivity contribution in [2.45, 2.75) is 71.0 Å². The lowest BCUT2D eigenvalue weighted by Gasteiger charge is -2.27. The lowest BCUT2D eigenvalue weighted by atomic mass is 9.98. The summed E-state index contributed by atoms with van der Waals surface area (Å²) in [5.41, 5.74) is -0.128. The van der Waals surface area contributed by atoms with Crippen LogP contribution < -0.4 is 0 Å². The highest BCUT2D eigenvalue weighted by molar-refractivity contribution is 4.65. The molecule has 1 saturated carbocycles. The highest BCUT2D eigenvalue weighted by Gasteiger charge is 2.21. The minimum Gasteiger partial charge on any atom is -0.400 e. The summed E-state index contributed by atoms with van der Waals surface area (Å²) in [5.74, 6) is 0. The van der Waals surface area contributed by atoms with Gasteiger partial charge in [0.25, 0.3) is 0 Å². The van der Waals surface area contributed by atoms with Crippen LogP contribution in [0.2, 0.25) is 0 Å². The molecule has 0 aliphatic heterocycles. The van der Waals surface area contributed by atoms with E-state index >= 15 is 0 Å². The molecular weight excluding hydrogens is 192 g/mol. The van der Waals surface area contributed by atoms with Crippen molar-refractivity contribution in [2.75, 3.05) is 7.11 Å². The molecule has 1 aliphatic carbocycles. The third-order valence-electron chi connectivity index (χ3n) is 2.81. The lowest BCUT2D eigenvalue weighted by Crippen LogP contribution is -2.27. The first-order chi connectivity index (χ1) is 7.14. The van der Waals surface area contributed by atoms with Gasteiger partial charge in [0, 0.05) is 7.11 Å². The van der Waals surface area contributed by atoms with Crippen LogP contribution >= 0.6 is 0 Å². The first kappa shape index (κ1) is 14.9. The molecule has 15 heavy (non-hydrogen) atoms. The van der Waals surface area contributed by atoms with Crippen molar-refractivity contribution in [1.82, 2.24) is 0 Å². The third-order valence-corrected chi connectivity index (χ3v) is 2.81. The highest BCUT2D eigenvalue weighted by atomic mass is 17.2. The topological polar surface area (TPSA) is 38.7 Å². The summed E-state index contributed by atoms with van der Waals surface area (Å²) < 4.78 is 0. The Morgan fingerprint density at radius 1 is 1.13 bits per heavy atom. The van der Waals surface area contributed by atoms with Crippen molar-refractivity contribution in [3.05, 3.63) is 0 Å². The van der Waals surface area contributed by atoms with Gasteiger partial charge in [-0.1, -0.05) is 26.2 Å². The Balaban J connectivity index is 0.000000921. The van der Waals surface area contributed by atoms with Crippen LogP contribution in [-0.4, -0.2) is 23.9 Å². The normalized spacial score (nSPS) is 18.2. The molecular formula is C12H26O3. The van der Waals surface area contributed by atoms with Crippen LogP contribution in [0.25, 0.3) is 0 Å². The molecule has 0 spiro atoms. The Morgan fingerprint density at radius 3 is 2.13 bits per heavy atom. The highest BCUT2D eigenvalue weighted by Crippen LogP contribution is 2.23. The molecule has 3 nitrogen and oxygen atoms in total. The molecule has 0 unspecified atom stereocenters. The van der Waals surface area contributed by atoms with Crippen LogP contribution in [0.1, 0.15) is 59.3 Å². The zero-order valence-corrected chi connectivity index (χ0v) is 10.6. The van der Waals surface area contributed by atoms with Crippen LogP contribution in [-0.2, 0) is 9.78 Å². The minimum absolute atomic E-state index is 0.128. The van der Waals surface area contributed by atoms with E-state index in [4.69, 9.17) is 14.9 Å². The van der Waals surface area contributed by atoms with Gasteiger partial charge in [-0.05, 0) is 33.1 Å². The van der Waals surface area contributed by atoms with E-state index in [1.54, 1.807) is 0 Å². The van der Waals surface area contributed by atoms with Gasteiger partial charge in [-0.15, -0.1) is 0 Å². The van der Waals surface area contributed by atoms with E-state index in [1.165, 1.54) is 32.1 Å². The third kappa shape index (κ3) is 6.88. The molecule has 3 heteroatoms. The van der Waals surface area contributed by atoms with E-state index in [2.05, 4.69) is 20.8 Å². The van der Waals surface area contributed by atoms with E-state index in [1.807, 2.05) is 0 Å². The summed E-state index contributed by atoms with van der Waals surface area (Å²) in [6.45, 7) is 6.25. The fraction of sp³-hybridized carbons (Fsp3) is 1.00. The van der Waals surface area contributed by atoms with E-state index in [-0.39, 0.29) is 5.60 Å². The van der Waals surface area contributed by atoms with E-state index in [0.29, 0.717) is 6.10 Å². The minimum atomic E-state index is -0.128. The largest absolute Gasteiger partial charge is 0.400 e. The SMILES string of the molecule is CCC(C)(C)OOC1CCCCC1.CO. The summed E-state index contributed by atoms with van der Waals surface area (Å²) in [6, 6.07) is 0. The van der Waals surface area contributed by atoms with Gasteiger partial charge in [0.1, 0.15) is 0 Å². The van der Waals surface area contributed by atoms with Gasteiger partial charge >= 0.3 is 0 Å². The monoisotopic (exact) mass is 218 g/mol. The second-order valence-corrected chi connectivity index (χ2v) is 4.55. The van der Waals surface area contributed by atoms with Gasteiger partial charge in [0.2, 0.25) is 0 Å². The van der Waals surface area contributed by atoms with Crippen LogP contribution in [0.15, 0.2) is 0 Å². The zero-order valence-electron chi connectivity index (χ0n) is 10.6. The Bertz CT molecular complexity index is 140. The Labute approximate surface area is 93.7 Å². The second kappa shape index (κ2) is 8.08. The van der Waals surface area contributed by atoms with Gasteiger partial charge in [0.15, 0.2) is 0 Å². The number of aliphatic hydroxyl groups excluding tert-OH is 1. The molecule has 0 radical (unpaired) electrons. The Morgan fingerprint density at radius 2 is 1.67 bits per heavy atom. The van der Waals surface area contributed by atoms with Crippen molar-refractivity contribution >= 4 is 0 Å². The fourth-order valence-corrected chi connectivity index (χ4v) is 1.42. The summed E-state index contributed by atoms with van der Waals surface area (Å²) >= 11 is 0. The van der Waals surface area contributed by atoms with Gasteiger partial charge in [-0.25, -0.2) is 9.78 Å². The molecule has 0 atom stereocenters. The van der Waals surface area contributed by atoms with Crippen LogP contribution in [0.4, 0.5) is 0 Å². The average molecular weight is 218 g/mol. The first-order valence-electron chi connectivity index (χ1n) is 5.93. The maximum Gasteiger partial charge on any atom is 0.0977 e. The first-order valence-corrected chi connectivity index (χ1v) is 5.93. The van der Waals surface area contributed by atoms with Crippen molar-refractivity contribution < 1.29 is 14.9 Å². The number of rotatable bonds is 4. The molecule has 0 amide bonds. The molecule has 0 bridgehead atoms. The van der Waals surface area contributed by atoms with E-state index in [9.17, 15) is 0 Å². The number of hydrogen-bond acceptors (Lipinski definition) is 3. The number of hydrogen-bond donors (Lipinski definition) is 1. The standard InChI is InChI=1S/C11H22O2.CH4O/c1-4-11(2,3)13-12-10-8-6-5-7-9-10;1-2/h10H,4-9H2,1-3H3;2H,1H3. The van der Waals surface area contributed by atoms with Crippen LogP contribution in [0.3, 0.4) is 0 Å². The molecule has 0 aromatic carbocycles. The second-order valence-electron chi connectivity index (χ2n) is 4.55. The molecule has 1 N–H and O–H groups in total. The molecule has 1 rings (SSSR count). The lowest BCUT2D eigenvalue weighted by molar-refractivity contribution is -0.380. The summed E-state index contributed by atoms with van der Waals surface area (Å²) in [6.07, 6.45) is 7.61. The summed E-state index contributed by atoms with van der Waals surface area (Å²) in [7, 11) is 1.00. The maximum atomic E-state index is 7.00. The van der Waals surface area contributed by atoms with Crippen molar-refractivity contribution in [1.29, 1.82) is 0 Å². The zero-order chi connectivity index (χ0) is 11.7. The fourth-order valence-electron chi connectivity index (χ4n) is 1.42. The smallest absolute Gasteiger partial charge is 0.0977 e. The summed E-state index contributed by atoms with van der Waals surface area (Å²) in [4.78, 5) is 10.9. The van der Waals surface area contributed by atoms with E-state index < -0.39 is 0 Å². The van der Waals surface area contributed by atoms with Crippen molar-refractivity contribution in [3.63, 3.8) is 0 Å². The molecule has 0 saturated heterocycles. The van der Waals surface area contributed by atoms with Crippen molar-refractivity contribution in [3.8, 4) is 0 Å². The van der Waals surface area contributed by atoms with Gasteiger partial charge in [-0.2, -0.15) is 0 Å². The van der Waals surface area contributed by atoms with Crippen molar-refractivity contribution in [2.24, 2.45) is 0 Å². The Kier molecular flexibility index (Phi) is 8.02. The molecule has 0 aromatic rings. The van der Waals surface area contributed by atoms with Gasteiger partial charge < -0.3 is 5.11 Å². The Hall–Kier alpha value is -0.120. The quantitative estimate of drug-likeness (QED) is 0.582. The molecule has 1 fully saturated rings. The predicted molar refractivity (Wildman–Crippen MR) is 61.6 cm³/mol. The average Bonchev–Trinajstić information content (AvgIpc) is 2.31. The molecule has 0 aromatic heterocycles. The molecule has 92 valence electrons.